The second-order valence-corrected chi connectivity index (χ2v) is 8.36. The summed E-state index contributed by atoms with van der Waals surface area (Å²) in [4.78, 5) is 12.4. The molecule has 0 aliphatic rings. The maximum absolute atomic E-state index is 12.4. The quantitative estimate of drug-likeness (QED) is 0.445. The number of ether oxygens (including phenoxy) is 1. The first-order chi connectivity index (χ1) is 14.3. The third-order valence-corrected chi connectivity index (χ3v) is 5.50. The molecule has 0 atom stereocenters. The smallest absolute Gasteiger partial charge is 0.260 e. The number of anilines is 1. The minimum atomic E-state index is -3.76. The molecule has 30 heavy (non-hydrogen) atoms. The van der Waals surface area contributed by atoms with Gasteiger partial charge in [-0.05, 0) is 29.0 Å². The number of carbonyl (C=O) groups is 1. The first-order valence-corrected chi connectivity index (χ1v) is 10.8. The van der Waals surface area contributed by atoms with Crippen LogP contribution in [0.1, 0.15) is 5.56 Å². The third-order valence-electron chi connectivity index (χ3n) is 4.37. The number of aromatic hydroxyl groups is 1. The van der Waals surface area contributed by atoms with Crippen LogP contribution in [0, 0.1) is 0 Å². The summed E-state index contributed by atoms with van der Waals surface area (Å²) < 4.78 is 30.6. The molecular weight excluding hydrogens is 406 g/mol. The summed E-state index contributed by atoms with van der Waals surface area (Å²) in [6.45, 7) is -0.488. The van der Waals surface area contributed by atoms with Crippen LogP contribution < -0.4 is 14.5 Å². The van der Waals surface area contributed by atoms with Crippen molar-refractivity contribution in [1.82, 2.24) is 5.43 Å². The van der Waals surface area contributed by atoms with Crippen molar-refractivity contribution in [1.29, 1.82) is 0 Å². The van der Waals surface area contributed by atoms with E-state index >= 15 is 0 Å². The van der Waals surface area contributed by atoms with E-state index in [9.17, 15) is 18.3 Å². The molecule has 0 aliphatic heterocycles. The number of hydrogen-bond acceptors (Lipinski definition) is 6. The molecule has 0 aromatic heterocycles. The standard InChI is InChI=1S/C21H21N3O5S/c1-29-20-10-6-5-9-18(20)24(30(2,27)28)14-21(26)23-22-13-17-16-8-4-3-7-15(16)11-12-19(17)25/h3-13,25H,14H2,1-2H3,(H,23,26)/b22-13-. The summed E-state index contributed by atoms with van der Waals surface area (Å²) in [5.41, 5.74) is 2.99. The van der Waals surface area contributed by atoms with Gasteiger partial charge in [0, 0.05) is 5.56 Å². The van der Waals surface area contributed by atoms with Gasteiger partial charge in [0.25, 0.3) is 5.91 Å². The number of sulfonamides is 1. The van der Waals surface area contributed by atoms with Crippen molar-refractivity contribution in [3.05, 3.63) is 66.2 Å². The second kappa shape index (κ2) is 8.83. The molecule has 0 bridgehead atoms. The number of rotatable bonds is 7. The number of methoxy groups -OCH3 is 1. The average molecular weight is 427 g/mol. The highest BCUT2D eigenvalue weighted by Gasteiger charge is 2.23. The lowest BCUT2D eigenvalue weighted by Crippen LogP contribution is -2.39. The van der Waals surface area contributed by atoms with E-state index in [2.05, 4.69) is 10.5 Å². The number of phenolic OH excluding ortho intramolecular Hbond substituents is 1. The summed E-state index contributed by atoms with van der Waals surface area (Å²) >= 11 is 0. The summed E-state index contributed by atoms with van der Waals surface area (Å²) in [5, 5.41) is 15.7. The van der Waals surface area contributed by atoms with Gasteiger partial charge in [-0.2, -0.15) is 5.10 Å². The van der Waals surface area contributed by atoms with Gasteiger partial charge in [-0.3, -0.25) is 9.10 Å². The van der Waals surface area contributed by atoms with E-state index in [4.69, 9.17) is 4.74 Å². The normalized spacial score (nSPS) is 11.5. The maximum atomic E-state index is 12.4. The van der Waals surface area contributed by atoms with Gasteiger partial charge >= 0.3 is 0 Å². The highest BCUT2D eigenvalue weighted by Crippen LogP contribution is 2.29. The molecule has 0 aliphatic carbocycles. The summed E-state index contributed by atoms with van der Waals surface area (Å²) in [6, 6.07) is 17.2. The lowest BCUT2D eigenvalue weighted by Gasteiger charge is -2.23. The number of carbonyl (C=O) groups excluding carboxylic acids is 1. The first kappa shape index (κ1) is 21.1. The van der Waals surface area contributed by atoms with E-state index in [1.807, 2.05) is 24.3 Å². The molecule has 0 spiro atoms. The fourth-order valence-corrected chi connectivity index (χ4v) is 3.83. The van der Waals surface area contributed by atoms with Crippen LogP contribution in [-0.4, -0.2) is 45.6 Å². The Balaban J connectivity index is 1.80. The van der Waals surface area contributed by atoms with E-state index in [0.29, 0.717) is 11.3 Å². The lowest BCUT2D eigenvalue weighted by atomic mass is 10.0. The third kappa shape index (κ3) is 4.69. The van der Waals surface area contributed by atoms with E-state index in [0.717, 1.165) is 21.3 Å². The van der Waals surface area contributed by atoms with Crippen LogP contribution in [0.25, 0.3) is 10.8 Å². The number of phenols is 1. The van der Waals surface area contributed by atoms with Crippen molar-refractivity contribution < 1.29 is 23.1 Å². The molecule has 3 rings (SSSR count). The van der Waals surface area contributed by atoms with Gasteiger partial charge in [0.15, 0.2) is 0 Å². The SMILES string of the molecule is COc1ccccc1N(CC(=O)N/N=C\c1c(O)ccc2ccccc12)S(C)(=O)=O. The largest absolute Gasteiger partial charge is 0.507 e. The Labute approximate surface area is 174 Å². The summed E-state index contributed by atoms with van der Waals surface area (Å²) in [6.07, 6.45) is 2.33. The Morgan fingerprint density at radius 1 is 1.13 bits per heavy atom. The number of nitrogens with one attached hydrogen (secondary N) is 1. The first-order valence-electron chi connectivity index (χ1n) is 8.94. The van der Waals surface area contributed by atoms with Gasteiger partial charge < -0.3 is 9.84 Å². The van der Waals surface area contributed by atoms with Gasteiger partial charge in [0.05, 0.1) is 25.3 Å². The van der Waals surface area contributed by atoms with E-state index in [-0.39, 0.29) is 11.4 Å². The number of benzene rings is 3. The highest BCUT2D eigenvalue weighted by molar-refractivity contribution is 7.92. The molecule has 0 saturated heterocycles. The Hall–Kier alpha value is -3.59. The van der Waals surface area contributed by atoms with Crippen LogP contribution in [0.5, 0.6) is 11.5 Å². The maximum Gasteiger partial charge on any atom is 0.260 e. The zero-order chi connectivity index (χ0) is 21.7. The second-order valence-electron chi connectivity index (χ2n) is 6.45. The number of hydrazone groups is 1. The fraction of sp³-hybridized carbons (Fsp3) is 0.143. The number of amides is 1. The van der Waals surface area contributed by atoms with Gasteiger partial charge in [0.1, 0.15) is 18.0 Å². The molecular formula is C21H21N3O5S. The zero-order valence-electron chi connectivity index (χ0n) is 16.4. The molecule has 8 nitrogen and oxygen atoms in total. The molecule has 3 aromatic rings. The molecule has 0 saturated carbocycles. The van der Waals surface area contributed by atoms with E-state index in [1.54, 1.807) is 36.4 Å². The van der Waals surface area contributed by atoms with Crippen LogP contribution in [0.2, 0.25) is 0 Å². The number of fused-ring (bicyclic) bond motifs is 1. The Kier molecular flexibility index (Phi) is 6.22. The molecule has 1 amide bonds. The Morgan fingerprint density at radius 2 is 1.83 bits per heavy atom. The van der Waals surface area contributed by atoms with Crippen molar-refractivity contribution >= 4 is 38.6 Å². The Bertz CT molecular complexity index is 1210. The van der Waals surface area contributed by atoms with Crippen molar-refractivity contribution in [3.63, 3.8) is 0 Å². The van der Waals surface area contributed by atoms with Crippen molar-refractivity contribution in [3.8, 4) is 11.5 Å². The van der Waals surface area contributed by atoms with Crippen LogP contribution >= 0.6 is 0 Å². The number of para-hydroxylation sites is 2. The van der Waals surface area contributed by atoms with E-state index < -0.39 is 22.5 Å². The molecule has 0 unspecified atom stereocenters. The van der Waals surface area contributed by atoms with Crippen LogP contribution in [0.4, 0.5) is 5.69 Å². The van der Waals surface area contributed by atoms with Crippen molar-refractivity contribution in [2.45, 2.75) is 0 Å². The molecule has 3 aromatic carbocycles. The molecule has 2 N–H and O–H groups in total. The van der Waals surface area contributed by atoms with E-state index in [1.165, 1.54) is 13.3 Å². The summed E-state index contributed by atoms with van der Waals surface area (Å²) in [7, 11) is -2.34. The predicted molar refractivity (Wildman–Crippen MR) is 117 cm³/mol. The van der Waals surface area contributed by atoms with Gasteiger partial charge in [0.2, 0.25) is 10.0 Å². The lowest BCUT2D eigenvalue weighted by molar-refractivity contribution is -0.119. The van der Waals surface area contributed by atoms with Crippen LogP contribution in [-0.2, 0) is 14.8 Å². The Morgan fingerprint density at radius 3 is 2.57 bits per heavy atom. The molecule has 0 heterocycles. The predicted octanol–water partition coefficient (Wildman–Crippen LogP) is 2.47. The molecule has 9 heteroatoms. The monoisotopic (exact) mass is 427 g/mol. The average Bonchev–Trinajstić information content (AvgIpc) is 2.73. The highest BCUT2D eigenvalue weighted by atomic mass is 32.2. The van der Waals surface area contributed by atoms with Gasteiger partial charge in [-0.1, -0.05) is 42.5 Å². The topological polar surface area (TPSA) is 108 Å². The van der Waals surface area contributed by atoms with Gasteiger partial charge in [-0.15, -0.1) is 0 Å². The van der Waals surface area contributed by atoms with Crippen LogP contribution in [0.3, 0.4) is 0 Å². The zero-order valence-corrected chi connectivity index (χ0v) is 17.3. The fourth-order valence-electron chi connectivity index (χ4n) is 2.97. The minimum absolute atomic E-state index is 0.0125. The van der Waals surface area contributed by atoms with Gasteiger partial charge in [-0.25, -0.2) is 13.8 Å². The minimum Gasteiger partial charge on any atom is -0.507 e. The number of nitrogens with zero attached hydrogens (tertiary/aromatic N) is 2. The number of hydrogen-bond donors (Lipinski definition) is 2. The van der Waals surface area contributed by atoms with Crippen molar-refractivity contribution in [2.24, 2.45) is 5.10 Å². The molecule has 156 valence electrons. The molecule has 0 radical (unpaired) electrons. The molecule has 0 fully saturated rings. The summed E-state index contributed by atoms with van der Waals surface area (Å²) in [5.74, 6) is -0.319. The van der Waals surface area contributed by atoms with Crippen molar-refractivity contribution in [2.75, 3.05) is 24.2 Å². The van der Waals surface area contributed by atoms with Crippen LogP contribution in [0.15, 0.2) is 65.8 Å².